The van der Waals surface area contributed by atoms with Gasteiger partial charge in [-0.25, -0.2) is 4.68 Å². The number of thiazole rings is 1. The Morgan fingerprint density at radius 1 is 1.34 bits per heavy atom. The first-order valence-electron chi connectivity index (χ1n) is 9.46. The molecule has 1 aromatic heterocycles. The number of aromatic nitrogens is 1. The van der Waals surface area contributed by atoms with Crippen LogP contribution in [0, 0.1) is 0 Å². The SMILES string of the molecule is C=C(C)CN=c1scc(-c2ccc3c(c2)NC(=O)CO3)n1N=Cc1cc(Br)c(O)c(Br)c1. The minimum absolute atomic E-state index is 0.0107. The van der Waals surface area contributed by atoms with Gasteiger partial charge in [-0.05, 0) is 74.7 Å². The first-order valence-corrected chi connectivity index (χ1v) is 11.9. The number of nitrogens with zero attached hydrogens (tertiary/aromatic N) is 3. The van der Waals surface area contributed by atoms with E-state index in [-0.39, 0.29) is 18.3 Å². The molecule has 0 bridgehead atoms. The van der Waals surface area contributed by atoms with Crippen molar-refractivity contribution >= 4 is 61.0 Å². The zero-order valence-corrected chi connectivity index (χ0v) is 20.9. The van der Waals surface area contributed by atoms with Crippen LogP contribution in [0.5, 0.6) is 11.5 Å². The number of nitrogens with one attached hydrogen (secondary N) is 1. The second-order valence-electron chi connectivity index (χ2n) is 7.11. The van der Waals surface area contributed by atoms with Crippen LogP contribution in [0.15, 0.2) is 66.9 Å². The summed E-state index contributed by atoms with van der Waals surface area (Å²) in [5.41, 5.74) is 4.00. The van der Waals surface area contributed by atoms with Gasteiger partial charge in [0, 0.05) is 10.9 Å². The predicted molar refractivity (Wildman–Crippen MR) is 134 cm³/mol. The Hall–Kier alpha value is -2.69. The lowest BCUT2D eigenvalue weighted by atomic mass is 10.1. The molecule has 0 radical (unpaired) electrons. The number of aromatic hydroxyl groups is 1. The van der Waals surface area contributed by atoms with E-state index < -0.39 is 0 Å². The predicted octanol–water partition coefficient (Wildman–Crippen LogP) is 5.14. The van der Waals surface area contributed by atoms with Crippen LogP contribution in [0.3, 0.4) is 0 Å². The molecule has 2 aromatic carbocycles. The molecule has 2 N–H and O–H groups in total. The molecule has 1 aliphatic rings. The normalized spacial score (nSPS) is 13.7. The Kier molecular flexibility index (Phi) is 6.63. The molecular weight excluding hydrogens is 560 g/mol. The molecule has 0 atom stereocenters. The monoisotopic (exact) mass is 576 g/mol. The van der Waals surface area contributed by atoms with Gasteiger partial charge < -0.3 is 15.2 Å². The smallest absolute Gasteiger partial charge is 0.262 e. The molecule has 7 nitrogen and oxygen atoms in total. The van der Waals surface area contributed by atoms with Gasteiger partial charge in [0.1, 0.15) is 11.5 Å². The van der Waals surface area contributed by atoms with Crippen LogP contribution in [-0.2, 0) is 4.79 Å². The number of carbonyl (C=O) groups excluding carboxylic acids is 1. The lowest BCUT2D eigenvalue weighted by Gasteiger charge is -2.18. The van der Waals surface area contributed by atoms with Gasteiger partial charge in [-0.1, -0.05) is 12.2 Å². The second kappa shape index (κ2) is 9.43. The minimum atomic E-state index is -0.188. The summed E-state index contributed by atoms with van der Waals surface area (Å²) >= 11 is 8.14. The van der Waals surface area contributed by atoms with Gasteiger partial charge in [-0.3, -0.25) is 9.79 Å². The highest BCUT2D eigenvalue weighted by atomic mass is 79.9. The minimum Gasteiger partial charge on any atom is -0.506 e. The molecule has 10 heteroatoms. The number of phenolic OH excluding ortho intramolecular Hbond substituents is 1. The average molecular weight is 578 g/mol. The van der Waals surface area contributed by atoms with Crippen LogP contribution < -0.4 is 14.9 Å². The number of ether oxygens (including phenoxy) is 1. The Labute approximate surface area is 205 Å². The molecule has 0 spiro atoms. The summed E-state index contributed by atoms with van der Waals surface area (Å²) in [6.45, 7) is 6.33. The Morgan fingerprint density at radius 3 is 2.81 bits per heavy atom. The topological polar surface area (TPSA) is 88.2 Å². The molecule has 0 saturated carbocycles. The number of amides is 1. The first-order chi connectivity index (χ1) is 15.3. The zero-order chi connectivity index (χ0) is 22.8. The van der Waals surface area contributed by atoms with E-state index in [2.05, 4.69) is 53.8 Å². The first kappa shape index (κ1) is 22.5. The van der Waals surface area contributed by atoms with E-state index in [4.69, 9.17) is 4.74 Å². The van der Waals surface area contributed by atoms with E-state index in [1.54, 1.807) is 23.0 Å². The van der Waals surface area contributed by atoms with E-state index in [0.717, 1.165) is 22.4 Å². The van der Waals surface area contributed by atoms with Gasteiger partial charge in [0.2, 0.25) is 4.80 Å². The largest absolute Gasteiger partial charge is 0.506 e. The molecule has 0 unspecified atom stereocenters. The summed E-state index contributed by atoms with van der Waals surface area (Å²) in [6.07, 6.45) is 1.69. The van der Waals surface area contributed by atoms with Crippen LogP contribution >= 0.6 is 43.2 Å². The van der Waals surface area contributed by atoms with Crippen LogP contribution in [0.2, 0.25) is 0 Å². The average Bonchev–Trinajstić information content (AvgIpc) is 3.16. The lowest BCUT2D eigenvalue weighted by molar-refractivity contribution is -0.118. The van der Waals surface area contributed by atoms with Crippen molar-refractivity contribution in [2.75, 3.05) is 18.5 Å². The summed E-state index contributed by atoms with van der Waals surface area (Å²) in [5, 5.41) is 19.4. The van der Waals surface area contributed by atoms with Crippen molar-refractivity contribution in [2.24, 2.45) is 10.1 Å². The van der Waals surface area contributed by atoms with E-state index in [1.165, 1.54) is 11.3 Å². The maximum atomic E-state index is 11.7. The van der Waals surface area contributed by atoms with Crippen LogP contribution in [0.4, 0.5) is 5.69 Å². The number of fused-ring (bicyclic) bond motifs is 1. The Bertz CT molecular complexity index is 1300. The maximum Gasteiger partial charge on any atom is 0.262 e. The fraction of sp³-hybridized carbons (Fsp3) is 0.136. The van der Waals surface area contributed by atoms with Crippen molar-refractivity contribution in [3.63, 3.8) is 0 Å². The second-order valence-corrected chi connectivity index (χ2v) is 9.66. The van der Waals surface area contributed by atoms with Gasteiger partial charge in [0.05, 0.1) is 33.1 Å². The molecule has 1 amide bonds. The third-order valence-corrected chi connectivity index (χ3v) is 6.50. The van der Waals surface area contributed by atoms with Crippen molar-refractivity contribution in [3.8, 4) is 22.8 Å². The van der Waals surface area contributed by atoms with Crippen molar-refractivity contribution in [3.05, 3.63) is 67.2 Å². The number of anilines is 1. The highest BCUT2D eigenvalue weighted by molar-refractivity contribution is 9.11. The Balaban J connectivity index is 1.79. The van der Waals surface area contributed by atoms with E-state index in [9.17, 15) is 9.90 Å². The highest BCUT2D eigenvalue weighted by Crippen LogP contribution is 2.34. The van der Waals surface area contributed by atoms with Gasteiger partial charge in [-0.15, -0.1) is 11.3 Å². The number of halogens is 2. The summed E-state index contributed by atoms with van der Waals surface area (Å²) in [4.78, 5) is 17.1. The number of hydrogen-bond donors (Lipinski definition) is 2. The van der Waals surface area contributed by atoms with Crippen molar-refractivity contribution in [1.82, 2.24) is 4.68 Å². The molecule has 0 fully saturated rings. The lowest BCUT2D eigenvalue weighted by Crippen LogP contribution is -2.25. The summed E-state index contributed by atoms with van der Waals surface area (Å²) in [6, 6.07) is 9.14. The van der Waals surface area contributed by atoms with Gasteiger partial charge in [0.15, 0.2) is 6.61 Å². The zero-order valence-electron chi connectivity index (χ0n) is 16.9. The van der Waals surface area contributed by atoms with Crippen molar-refractivity contribution in [1.29, 1.82) is 0 Å². The van der Waals surface area contributed by atoms with E-state index >= 15 is 0 Å². The van der Waals surface area contributed by atoms with Gasteiger partial charge in [-0.2, -0.15) is 5.10 Å². The van der Waals surface area contributed by atoms with Crippen LogP contribution in [-0.4, -0.2) is 35.1 Å². The molecule has 164 valence electrons. The summed E-state index contributed by atoms with van der Waals surface area (Å²) in [7, 11) is 0. The van der Waals surface area contributed by atoms with E-state index in [1.807, 2.05) is 30.5 Å². The number of phenols is 1. The van der Waals surface area contributed by atoms with Crippen molar-refractivity contribution < 1.29 is 14.6 Å². The Morgan fingerprint density at radius 2 is 2.09 bits per heavy atom. The molecule has 0 saturated heterocycles. The van der Waals surface area contributed by atoms with Crippen LogP contribution in [0.1, 0.15) is 12.5 Å². The van der Waals surface area contributed by atoms with Crippen molar-refractivity contribution in [2.45, 2.75) is 6.92 Å². The molecular formula is C22H18Br2N4O3S. The van der Waals surface area contributed by atoms with Gasteiger partial charge in [0.25, 0.3) is 5.91 Å². The fourth-order valence-corrected chi connectivity index (χ4v) is 5.01. The standard InChI is InChI=1S/C22H18Br2N4O3S/c1-12(2)8-25-22-28(26-9-13-5-15(23)21(30)16(24)6-13)18(11-32-22)14-3-4-19-17(7-14)27-20(29)10-31-19/h3-7,9,11,30H,1,8,10H2,2H3,(H,27,29). The molecule has 2 heterocycles. The molecule has 32 heavy (non-hydrogen) atoms. The maximum absolute atomic E-state index is 11.7. The summed E-state index contributed by atoms with van der Waals surface area (Å²) < 4.78 is 8.32. The summed E-state index contributed by atoms with van der Waals surface area (Å²) in [5.74, 6) is 0.567. The highest BCUT2D eigenvalue weighted by Gasteiger charge is 2.18. The third-order valence-electron chi connectivity index (χ3n) is 4.44. The molecule has 3 aromatic rings. The molecule has 0 aliphatic carbocycles. The quantitative estimate of drug-likeness (QED) is 0.325. The molecule has 4 rings (SSSR count). The number of hydrogen-bond acceptors (Lipinski definition) is 6. The number of rotatable bonds is 5. The van der Waals surface area contributed by atoms with Crippen LogP contribution in [0.25, 0.3) is 11.3 Å². The number of carbonyl (C=O) groups is 1. The van der Waals surface area contributed by atoms with Gasteiger partial charge >= 0.3 is 0 Å². The molecule has 1 aliphatic heterocycles. The number of benzene rings is 2. The third kappa shape index (κ3) is 4.87. The fourth-order valence-electron chi connectivity index (χ4n) is 2.95. The van der Waals surface area contributed by atoms with E-state index in [0.29, 0.717) is 31.7 Å².